The third-order valence-corrected chi connectivity index (χ3v) is 19.3. The van der Waals surface area contributed by atoms with Gasteiger partial charge in [0, 0.05) is 76.3 Å². The van der Waals surface area contributed by atoms with E-state index >= 15 is 0 Å². The zero-order chi connectivity index (χ0) is 65.6. The van der Waals surface area contributed by atoms with E-state index in [1.807, 2.05) is 153 Å². The van der Waals surface area contributed by atoms with Gasteiger partial charge in [-0.25, -0.2) is 8.78 Å². The van der Waals surface area contributed by atoms with Crippen LogP contribution in [0.3, 0.4) is 0 Å². The maximum Gasteiger partial charge on any atom is 0.272 e. The average Bonchev–Trinajstić information content (AvgIpc) is 1.68. The topological polar surface area (TPSA) is 189 Å². The second-order valence-corrected chi connectivity index (χ2v) is 26.7. The van der Waals surface area contributed by atoms with E-state index in [0.717, 1.165) is 97.6 Å². The maximum absolute atomic E-state index is 13.8. The Kier molecular flexibility index (Phi) is 19.2. The molecule has 0 radical (unpaired) electrons. The Labute approximate surface area is 552 Å². The molecule has 8 aliphatic rings. The van der Waals surface area contributed by atoms with E-state index in [1.54, 1.807) is 45.1 Å². The first-order valence-electron chi connectivity index (χ1n) is 33.6. The van der Waals surface area contributed by atoms with Crippen LogP contribution < -0.4 is 18.9 Å². The summed E-state index contributed by atoms with van der Waals surface area (Å²) in [5.74, 6) is 3.92. The first-order valence-corrected chi connectivity index (χ1v) is 33.6. The normalized spacial score (nSPS) is 22.5. The van der Waals surface area contributed by atoms with Crippen molar-refractivity contribution in [3.63, 3.8) is 0 Å². The molecule has 4 amide bonds. The SMILES string of the molecule is CC1(F)CC1CN1CCCn2nc(COc3ccccc3)cc2C1=O.CC1(F)C[C@H]1CN1CCn2nc(COc3ccccc3)cc2C1=O.CC1CCn2nc(COc3ccccc3)cc2C(=O)N1CC1CC1.O=C1c2cc(COc3ccccc3)nn2CCN1C1CCC1. The first-order chi connectivity index (χ1) is 46.1. The van der Waals surface area contributed by atoms with Crippen molar-refractivity contribution in [2.75, 3.05) is 39.3 Å². The summed E-state index contributed by atoms with van der Waals surface area (Å²) in [5, 5.41) is 18.0. The molecular formula is C73H84F2N12O8. The number of ether oxygens (including phenoxy) is 4. The molecule has 4 aromatic heterocycles. The van der Waals surface area contributed by atoms with Gasteiger partial charge >= 0.3 is 0 Å². The molecule has 0 spiro atoms. The van der Waals surface area contributed by atoms with Gasteiger partial charge in [-0.15, -0.1) is 0 Å². The summed E-state index contributed by atoms with van der Waals surface area (Å²) in [6.07, 6.45) is 8.91. The van der Waals surface area contributed by atoms with Gasteiger partial charge in [-0.1, -0.05) is 72.8 Å². The van der Waals surface area contributed by atoms with Crippen molar-refractivity contribution in [1.82, 2.24) is 58.7 Å². The quantitative estimate of drug-likeness (QED) is 0.0746. The molecule has 8 heterocycles. The molecule has 0 saturated heterocycles. The predicted molar refractivity (Wildman–Crippen MR) is 350 cm³/mol. The number of nitrogens with zero attached hydrogens (tertiary/aromatic N) is 12. The Hall–Kier alpha value is -9.34. The van der Waals surface area contributed by atoms with Crippen molar-refractivity contribution in [2.45, 2.75) is 155 Å². The van der Waals surface area contributed by atoms with Crippen LogP contribution in [-0.4, -0.2) is 145 Å². The molecule has 4 unspecified atom stereocenters. The Morgan fingerprint density at radius 1 is 0.421 bits per heavy atom. The number of amides is 4. The highest BCUT2D eigenvalue weighted by molar-refractivity contribution is 5.95. The van der Waals surface area contributed by atoms with Crippen LogP contribution in [0.15, 0.2) is 146 Å². The summed E-state index contributed by atoms with van der Waals surface area (Å²) in [4.78, 5) is 58.4. The molecule has 95 heavy (non-hydrogen) atoms. The van der Waals surface area contributed by atoms with E-state index in [4.69, 9.17) is 18.9 Å². The van der Waals surface area contributed by atoms with E-state index < -0.39 is 11.3 Å². The number of fused-ring (bicyclic) bond motifs is 4. The second-order valence-electron chi connectivity index (χ2n) is 26.7. The lowest BCUT2D eigenvalue weighted by Gasteiger charge is -2.39. The summed E-state index contributed by atoms with van der Waals surface area (Å²) in [7, 11) is 0. The predicted octanol–water partition coefficient (Wildman–Crippen LogP) is 11.3. The number of rotatable bonds is 19. The van der Waals surface area contributed by atoms with Crippen LogP contribution >= 0.6 is 0 Å². The van der Waals surface area contributed by atoms with Gasteiger partial charge in [0.2, 0.25) is 0 Å². The smallest absolute Gasteiger partial charge is 0.272 e. The van der Waals surface area contributed by atoms with Gasteiger partial charge in [-0.3, -0.25) is 37.9 Å². The molecule has 20 nitrogen and oxygen atoms in total. The van der Waals surface area contributed by atoms with Crippen LogP contribution in [-0.2, 0) is 52.6 Å². The van der Waals surface area contributed by atoms with Crippen molar-refractivity contribution in [3.05, 3.63) is 191 Å². The summed E-state index contributed by atoms with van der Waals surface area (Å²) in [5.41, 5.74) is 3.40. The highest BCUT2D eigenvalue weighted by atomic mass is 19.1. The molecule has 4 aliphatic carbocycles. The molecule has 0 N–H and O–H groups in total. The van der Waals surface area contributed by atoms with Gasteiger partial charge in [0.05, 0.1) is 13.1 Å². The van der Waals surface area contributed by atoms with E-state index in [2.05, 4.69) is 27.3 Å². The van der Waals surface area contributed by atoms with Crippen LogP contribution in [0.5, 0.6) is 23.0 Å². The highest BCUT2D eigenvalue weighted by Gasteiger charge is 2.53. The van der Waals surface area contributed by atoms with Gasteiger partial charge in [0.15, 0.2) is 0 Å². The fraction of sp³-hybridized carbons (Fsp3) is 0.452. The summed E-state index contributed by atoms with van der Waals surface area (Å²) < 4.78 is 57.6. The minimum atomic E-state index is -1.11. The van der Waals surface area contributed by atoms with E-state index in [9.17, 15) is 28.0 Å². The molecule has 22 heteroatoms. The molecule has 4 fully saturated rings. The Morgan fingerprint density at radius 3 is 1.18 bits per heavy atom. The summed E-state index contributed by atoms with van der Waals surface area (Å²) in [6, 6.07) is 46.4. The lowest BCUT2D eigenvalue weighted by Crippen LogP contribution is -2.49. The zero-order valence-electron chi connectivity index (χ0n) is 54.4. The standard InChI is InChI=1S/C19H22FN3O2.C19H23N3O2.C18H20FN3O2.C17H19N3O2/c1-19(20)11-14(19)12-22-8-5-9-23-17(18(22)24)10-15(21-23)13-25-16-6-3-2-4-7-16;1-14-9-10-22-18(19(23)21(14)12-15-7-8-15)11-16(20-22)13-24-17-5-3-2-4-6-17;1-18(19)10-13(18)11-21-7-8-22-16(17(21)23)9-14(20-22)12-24-15-5-3-2-4-6-15;21-17-16-11-13(12-22-15-7-2-1-3-8-15)18-20(16)10-9-19(17)14-5-4-6-14/h2-4,6-7,10,14H,5,8-9,11-13H2,1H3;2-6,11,14-15H,7-10,12-13H2,1H3;2-6,9,13H,7-8,10-12H2,1H3;1-3,7-8,11,14H,4-6,9-10,12H2/t;;13-,18?;/m..0./s1. The molecule has 0 bridgehead atoms. The largest absolute Gasteiger partial charge is 0.487 e. The van der Waals surface area contributed by atoms with Gasteiger partial charge in [0.25, 0.3) is 23.6 Å². The van der Waals surface area contributed by atoms with Crippen LogP contribution in [0, 0.1) is 17.8 Å². The van der Waals surface area contributed by atoms with E-state index in [0.29, 0.717) is 113 Å². The summed E-state index contributed by atoms with van der Waals surface area (Å²) >= 11 is 0. The van der Waals surface area contributed by atoms with Crippen LogP contribution in [0.2, 0.25) is 0 Å². The number of hydrogen-bond donors (Lipinski definition) is 0. The Bertz CT molecular complexity index is 3940. The third kappa shape index (κ3) is 15.9. The number of hydrogen-bond acceptors (Lipinski definition) is 12. The van der Waals surface area contributed by atoms with Crippen molar-refractivity contribution in [1.29, 1.82) is 0 Å². The van der Waals surface area contributed by atoms with Gasteiger partial charge < -0.3 is 38.5 Å². The fourth-order valence-corrected chi connectivity index (χ4v) is 12.8. The Morgan fingerprint density at radius 2 is 0.789 bits per heavy atom. The van der Waals surface area contributed by atoms with Crippen molar-refractivity contribution in [3.8, 4) is 23.0 Å². The van der Waals surface area contributed by atoms with Gasteiger partial charge in [-0.2, -0.15) is 20.4 Å². The second kappa shape index (κ2) is 28.3. The third-order valence-electron chi connectivity index (χ3n) is 19.3. The van der Waals surface area contributed by atoms with E-state index in [-0.39, 0.29) is 41.5 Å². The summed E-state index contributed by atoms with van der Waals surface area (Å²) in [6.45, 7) is 13.6. The lowest BCUT2D eigenvalue weighted by atomic mass is 9.91. The number of benzene rings is 4. The molecule has 16 rings (SSSR count). The molecule has 498 valence electrons. The zero-order valence-corrected chi connectivity index (χ0v) is 54.4. The Balaban J connectivity index is 0.000000115. The number of para-hydroxylation sites is 4. The van der Waals surface area contributed by atoms with Crippen molar-refractivity contribution < 1.29 is 46.9 Å². The molecule has 4 aromatic carbocycles. The molecule has 5 atom stereocenters. The highest BCUT2D eigenvalue weighted by Crippen LogP contribution is 2.48. The van der Waals surface area contributed by atoms with Crippen molar-refractivity contribution in [2.24, 2.45) is 17.8 Å². The van der Waals surface area contributed by atoms with Gasteiger partial charge in [0.1, 0.15) is 106 Å². The molecule has 4 saturated carbocycles. The molecular weight excluding hydrogens is 1210 g/mol. The number of carbonyl (C=O) groups is 4. The lowest BCUT2D eigenvalue weighted by molar-refractivity contribution is 0.0503. The maximum atomic E-state index is 13.8. The molecule has 4 aliphatic heterocycles. The number of alkyl halides is 2. The van der Waals surface area contributed by atoms with Crippen LogP contribution in [0.4, 0.5) is 8.78 Å². The fourth-order valence-electron chi connectivity index (χ4n) is 12.8. The molecule has 8 aromatic rings. The van der Waals surface area contributed by atoms with Crippen LogP contribution in [0.1, 0.15) is 143 Å². The van der Waals surface area contributed by atoms with Crippen molar-refractivity contribution >= 4 is 23.6 Å². The van der Waals surface area contributed by atoms with E-state index in [1.165, 1.54) is 19.3 Å². The number of halogens is 2. The minimum Gasteiger partial charge on any atom is -0.487 e. The minimum absolute atomic E-state index is 0.0307. The average molecular weight is 1300 g/mol. The van der Waals surface area contributed by atoms with Crippen LogP contribution in [0.25, 0.3) is 0 Å². The number of aryl methyl sites for hydroxylation is 2. The monoisotopic (exact) mass is 1290 g/mol. The number of carbonyl (C=O) groups excluding carboxylic acids is 4. The van der Waals surface area contributed by atoms with Gasteiger partial charge in [-0.05, 0) is 157 Å². The number of aromatic nitrogens is 8. The first kappa shape index (κ1) is 64.4.